The number of nitrogens with zero attached hydrogens (tertiary/aromatic N) is 2. The van der Waals surface area contributed by atoms with Crippen LogP contribution in [0.25, 0.3) is 0 Å². The van der Waals surface area contributed by atoms with Crippen molar-refractivity contribution in [1.29, 1.82) is 0 Å². The van der Waals surface area contributed by atoms with Crippen molar-refractivity contribution in [2.45, 2.75) is 19.8 Å². The van der Waals surface area contributed by atoms with Gasteiger partial charge in [0.05, 0.1) is 10.6 Å². The summed E-state index contributed by atoms with van der Waals surface area (Å²) in [5, 5.41) is 3.27. The van der Waals surface area contributed by atoms with E-state index in [0.29, 0.717) is 28.9 Å². The molecule has 0 saturated carbocycles. The molecule has 1 aromatic heterocycles. The molecule has 3 N–H and O–H groups in total. The van der Waals surface area contributed by atoms with Gasteiger partial charge in [0.1, 0.15) is 5.82 Å². The van der Waals surface area contributed by atoms with E-state index in [-0.39, 0.29) is 5.91 Å². The predicted octanol–water partition coefficient (Wildman–Crippen LogP) is 1.19. The lowest BCUT2D eigenvalue weighted by molar-refractivity contribution is -0.119. The molecular formula is C14H19ClN4O2. The summed E-state index contributed by atoms with van der Waals surface area (Å²) in [4.78, 5) is 28.4. The summed E-state index contributed by atoms with van der Waals surface area (Å²) < 4.78 is 0. The Kier molecular flexibility index (Phi) is 5.01. The standard InChI is InChI=1S/C14H19ClN4O2/c1-9(20)17-6-10-3-2-4-19(8-10)14-12(15)5-11(7-18-14)13(16)21/h5,7,10H,2-4,6,8H2,1H3,(H2,16,21)(H,17,20). The molecule has 21 heavy (non-hydrogen) atoms. The monoisotopic (exact) mass is 310 g/mol. The van der Waals surface area contributed by atoms with Gasteiger partial charge in [-0.2, -0.15) is 0 Å². The number of carbonyl (C=O) groups is 2. The highest BCUT2D eigenvalue weighted by Crippen LogP contribution is 2.28. The zero-order valence-corrected chi connectivity index (χ0v) is 12.7. The van der Waals surface area contributed by atoms with Gasteiger partial charge in [-0.05, 0) is 24.8 Å². The van der Waals surface area contributed by atoms with Gasteiger partial charge >= 0.3 is 0 Å². The molecule has 1 atom stereocenters. The molecule has 1 unspecified atom stereocenters. The van der Waals surface area contributed by atoms with Crippen LogP contribution in [0, 0.1) is 5.92 Å². The van der Waals surface area contributed by atoms with Crippen LogP contribution in [0.4, 0.5) is 5.82 Å². The largest absolute Gasteiger partial charge is 0.366 e. The number of hydrogen-bond acceptors (Lipinski definition) is 4. The minimum absolute atomic E-state index is 0.0194. The Hall–Kier alpha value is -1.82. The zero-order chi connectivity index (χ0) is 15.4. The average Bonchev–Trinajstić information content (AvgIpc) is 2.45. The lowest BCUT2D eigenvalue weighted by atomic mass is 9.98. The number of hydrogen-bond donors (Lipinski definition) is 2. The van der Waals surface area contributed by atoms with Crippen molar-refractivity contribution >= 4 is 29.2 Å². The predicted molar refractivity (Wildman–Crippen MR) is 81.4 cm³/mol. The maximum atomic E-state index is 11.1. The Morgan fingerprint density at radius 2 is 2.33 bits per heavy atom. The first kappa shape index (κ1) is 15.6. The van der Waals surface area contributed by atoms with Gasteiger partial charge < -0.3 is 16.0 Å². The number of piperidine rings is 1. The van der Waals surface area contributed by atoms with Crippen LogP contribution in [0.1, 0.15) is 30.1 Å². The van der Waals surface area contributed by atoms with Crippen LogP contribution in [0.3, 0.4) is 0 Å². The minimum atomic E-state index is -0.543. The maximum Gasteiger partial charge on any atom is 0.250 e. The molecule has 0 aromatic carbocycles. The molecule has 1 aliphatic rings. The molecule has 0 bridgehead atoms. The average molecular weight is 311 g/mol. The molecule has 0 spiro atoms. The third-order valence-electron chi connectivity index (χ3n) is 3.56. The van der Waals surface area contributed by atoms with E-state index in [1.165, 1.54) is 13.1 Å². The highest BCUT2D eigenvalue weighted by atomic mass is 35.5. The van der Waals surface area contributed by atoms with Gasteiger partial charge in [-0.15, -0.1) is 0 Å². The lowest BCUT2D eigenvalue weighted by Crippen LogP contribution is -2.41. The SMILES string of the molecule is CC(=O)NCC1CCCN(c2ncc(C(N)=O)cc2Cl)C1. The Morgan fingerprint density at radius 1 is 1.57 bits per heavy atom. The molecular weight excluding hydrogens is 292 g/mol. The molecule has 0 radical (unpaired) electrons. The second-order valence-corrected chi connectivity index (χ2v) is 5.69. The number of carbonyl (C=O) groups excluding carboxylic acids is 2. The topological polar surface area (TPSA) is 88.3 Å². The van der Waals surface area contributed by atoms with Crippen LogP contribution in [-0.2, 0) is 4.79 Å². The van der Waals surface area contributed by atoms with E-state index >= 15 is 0 Å². The number of halogens is 1. The second-order valence-electron chi connectivity index (χ2n) is 5.29. The molecule has 1 fully saturated rings. The Bertz CT molecular complexity index is 550. The van der Waals surface area contributed by atoms with E-state index in [0.717, 1.165) is 25.9 Å². The van der Waals surface area contributed by atoms with Crippen LogP contribution < -0.4 is 16.0 Å². The van der Waals surface area contributed by atoms with Gasteiger partial charge in [0.25, 0.3) is 0 Å². The van der Waals surface area contributed by atoms with Crippen LogP contribution in [0.15, 0.2) is 12.3 Å². The minimum Gasteiger partial charge on any atom is -0.366 e. The number of pyridine rings is 1. The number of amides is 2. The summed E-state index contributed by atoms with van der Waals surface area (Å²) >= 11 is 6.20. The fourth-order valence-electron chi connectivity index (χ4n) is 2.51. The van der Waals surface area contributed by atoms with Gasteiger partial charge in [-0.3, -0.25) is 9.59 Å². The molecule has 1 saturated heterocycles. The van der Waals surface area contributed by atoms with Crippen molar-refractivity contribution in [3.8, 4) is 0 Å². The van der Waals surface area contributed by atoms with Gasteiger partial charge in [-0.1, -0.05) is 11.6 Å². The number of anilines is 1. The summed E-state index contributed by atoms with van der Waals surface area (Å²) in [6.45, 7) is 3.81. The molecule has 1 aliphatic heterocycles. The molecule has 0 aliphatic carbocycles. The Morgan fingerprint density at radius 3 is 2.95 bits per heavy atom. The summed E-state index contributed by atoms with van der Waals surface area (Å²) in [5.41, 5.74) is 5.51. The first-order chi connectivity index (χ1) is 9.97. The quantitative estimate of drug-likeness (QED) is 0.874. The van der Waals surface area contributed by atoms with Crippen molar-refractivity contribution in [2.24, 2.45) is 11.7 Å². The van der Waals surface area contributed by atoms with Crippen molar-refractivity contribution in [3.63, 3.8) is 0 Å². The molecule has 2 rings (SSSR count). The third-order valence-corrected chi connectivity index (χ3v) is 3.84. The Labute approximate surface area is 128 Å². The first-order valence-electron chi connectivity index (χ1n) is 6.92. The highest BCUT2D eigenvalue weighted by Gasteiger charge is 2.23. The molecule has 114 valence electrons. The smallest absolute Gasteiger partial charge is 0.250 e. The number of primary amides is 1. The lowest BCUT2D eigenvalue weighted by Gasteiger charge is -2.34. The maximum absolute atomic E-state index is 11.1. The first-order valence-corrected chi connectivity index (χ1v) is 7.30. The van der Waals surface area contributed by atoms with Crippen molar-refractivity contribution in [3.05, 3.63) is 22.8 Å². The van der Waals surface area contributed by atoms with Crippen LogP contribution in [-0.4, -0.2) is 36.4 Å². The second kappa shape index (κ2) is 6.76. The summed E-state index contributed by atoms with van der Waals surface area (Å²) in [6, 6.07) is 1.55. The third kappa shape index (κ3) is 4.07. The highest BCUT2D eigenvalue weighted by molar-refractivity contribution is 6.33. The van der Waals surface area contributed by atoms with E-state index < -0.39 is 5.91 Å². The zero-order valence-electron chi connectivity index (χ0n) is 11.9. The van der Waals surface area contributed by atoms with E-state index in [1.807, 2.05) is 0 Å². The molecule has 2 heterocycles. The molecule has 2 amide bonds. The van der Waals surface area contributed by atoms with Gasteiger partial charge in [0.15, 0.2) is 0 Å². The normalized spacial score (nSPS) is 18.4. The molecule has 7 heteroatoms. The molecule has 1 aromatic rings. The van der Waals surface area contributed by atoms with Gasteiger partial charge in [0.2, 0.25) is 11.8 Å². The van der Waals surface area contributed by atoms with Gasteiger partial charge in [-0.25, -0.2) is 4.98 Å². The van der Waals surface area contributed by atoms with Crippen molar-refractivity contribution < 1.29 is 9.59 Å². The van der Waals surface area contributed by atoms with Crippen LogP contribution in [0.5, 0.6) is 0 Å². The summed E-state index contributed by atoms with van der Waals surface area (Å²) in [6.07, 6.45) is 3.52. The Balaban J connectivity index is 2.07. The number of aromatic nitrogens is 1. The number of nitrogens with two attached hydrogens (primary N) is 1. The van der Waals surface area contributed by atoms with E-state index in [4.69, 9.17) is 17.3 Å². The van der Waals surface area contributed by atoms with Crippen LogP contribution in [0.2, 0.25) is 5.02 Å². The van der Waals surface area contributed by atoms with Crippen LogP contribution >= 0.6 is 11.6 Å². The fourth-order valence-corrected chi connectivity index (χ4v) is 2.80. The fraction of sp³-hybridized carbons (Fsp3) is 0.500. The number of nitrogens with one attached hydrogen (secondary N) is 1. The molecule has 6 nitrogen and oxygen atoms in total. The van der Waals surface area contributed by atoms with E-state index in [1.54, 1.807) is 6.07 Å². The van der Waals surface area contributed by atoms with Gasteiger partial charge in [0, 0.05) is 32.8 Å². The van der Waals surface area contributed by atoms with E-state index in [9.17, 15) is 9.59 Å². The summed E-state index contributed by atoms with van der Waals surface area (Å²) in [7, 11) is 0. The number of rotatable bonds is 4. The van der Waals surface area contributed by atoms with E-state index in [2.05, 4.69) is 15.2 Å². The summed E-state index contributed by atoms with van der Waals surface area (Å²) in [5.74, 6) is 0.470. The van der Waals surface area contributed by atoms with Crippen molar-refractivity contribution in [2.75, 3.05) is 24.5 Å². The van der Waals surface area contributed by atoms with Crippen molar-refractivity contribution in [1.82, 2.24) is 10.3 Å².